The molecule has 0 radical (unpaired) electrons. The minimum Gasteiger partial charge on any atom is -0.326 e. The quantitative estimate of drug-likeness (QED) is 0.486. The summed E-state index contributed by atoms with van der Waals surface area (Å²) in [5, 5.41) is 5.41. The smallest absolute Gasteiger partial charge is 0.234 e. The van der Waals surface area contributed by atoms with Gasteiger partial charge in [-0.25, -0.2) is 12.8 Å². The number of para-hydroxylation sites is 1. The van der Waals surface area contributed by atoms with Gasteiger partial charge in [0.25, 0.3) is 0 Å². The number of rotatable bonds is 8. The molecule has 0 aliphatic rings. The molecule has 2 amide bonds. The van der Waals surface area contributed by atoms with Crippen LogP contribution in [0.5, 0.6) is 0 Å². The molecule has 0 aliphatic carbocycles. The zero-order valence-electron chi connectivity index (χ0n) is 19.3. The van der Waals surface area contributed by atoms with E-state index < -0.39 is 21.1 Å². The number of hydrogen-bond acceptors (Lipinski definition) is 4. The van der Waals surface area contributed by atoms with Crippen LogP contribution in [0.2, 0.25) is 0 Å². The van der Waals surface area contributed by atoms with Crippen molar-refractivity contribution in [3.63, 3.8) is 0 Å². The molecule has 8 heteroatoms. The van der Waals surface area contributed by atoms with Crippen molar-refractivity contribution in [1.29, 1.82) is 0 Å². The molecule has 34 heavy (non-hydrogen) atoms. The van der Waals surface area contributed by atoms with Crippen LogP contribution in [-0.2, 0) is 31.3 Å². The van der Waals surface area contributed by atoms with E-state index in [1.54, 1.807) is 69.3 Å². The molecule has 6 nitrogen and oxygen atoms in total. The van der Waals surface area contributed by atoms with Crippen LogP contribution in [0, 0.1) is 5.82 Å². The predicted molar refractivity (Wildman–Crippen MR) is 131 cm³/mol. The van der Waals surface area contributed by atoms with Crippen LogP contribution in [0.25, 0.3) is 0 Å². The average molecular weight is 483 g/mol. The van der Waals surface area contributed by atoms with E-state index in [1.165, 1.54) is 24.3 Å². The number of carbonyl (C=O) groups excluding carboxylic acids is 2. The highest BCUT2D eigenvalue weighted by atomic mass is 32.2. The molecule has 0 saturated heterocycles. The molecule has 0 fully saturated rings. The van der Waals surface area contributed by atoms with Gasteiger partial charge < -0.3 is 10.6 Å². The Kier molecular flexibility index (Phi) is 7.51. The van der Waals surface area contributed by atoms with Gasteiger partial charge in [-0.2, -0.15) is 0 Å². The molecule has 0 aromatic heterocycles. The van der Waals surface area contributed by atoms with Crippen molar-refractivity contribution in [2.24, 2.45) is 0 Å². The summed E-state index contributed by atoms with van der Waals surface area (Å²) in [7, 11) is -3.28. The van der Waals surface area contributed by atoms with Crippen molar-refractivity contribution in [2.45, 2.75) is 37.5 Å². The highest BCUT2D eigenvalue weighted by molar-refractivity contribution is 7.91. The lowest BCUT2D eigenvalue weighted by Crippen LogP contribution is -2.35. The third-order valence-corrected chi connectivity index (χ3v) is 7.36. The van der Waals surface area contributed by atoms with E-state index in [4.69, 9.17) is 0 Å². The summed E-state index contributed by atoms with van der Waals surface area (Å²) in [6.45, 7) is 5.05. The average Bonchev–Trinajstić information content (AvgIpc) is 2.81. The van der Waals surface area contributed by atoms with Crippen LogP contribution >= 0.6 is 0 Å². The van der Waals surface area contributed by atoms with Crippen molar-refractivity contribution < 1.29 is 22.4 Å². The van der Waals surface area contributed by atoms with E-state index in [0.717, 1.165) is 0 Å². The maximum atomic E-state index is 13.9. The minimum atomic E-state index is -3.28. The second kappa shape index (κ2) is 10.2. The van der Waals surface area contributed by atoms with E-state index >= 15 is 0 Å². The highest BCUT2D eigenvalue weighted by Crippen LogP contribution is 2.27. The molecule has 3 rings (SSSR count). The first-order valence-electron chi connectivity index (χ1n) is 10.8. The Bertz CT molecular complexity index is 1290. The summed E-state index contributed by atoms with van der Waals surface area (Å²) >= 11 is 0. The monoisotopic (exact) mass is 482 g/mol. The Labute approximate surface area is 199 Å². The van der Waals surface area contributed by atoms with E-state index in [1.807, 2.05) is 0 Å². The summed E-state index contributed by atoms with van der Waals surface area (Å²) in [5.74, 6) is -1.10. The first-order chi connectivity index (χ1) is 16.0. The molecule has 0 unspecified atom stereocenters. The van der Waals surface area contributed by atoms with Gasteiger partial charge >= 0.3 is 0 Å². The van der Waals surface area contributed by atoms with Crippen molar-refractivity contribution in [3.8, 4) is 0 Å². The van der Waals surface area contributed by atoms with Gasteiger partial charge in [0.15, 0.2) is 9.84 Å². The molecule has 0 bridgehead atoms. The standard InChI is InChI=1S/C26H27FN2O4S/c1-4-34(32,33)21-15-9-18(10-16-21)17-24(30)28-20-13-11-19(12-14-20)26(2,3)25(31)29-23-8-6-5-7-22(23)27/h5-16H,4,17H2,1-3H3,(H,28,30)(H,29,31). The summed E-state index contributed by atoms with van der Waals surface area (Å²) in [6.07, 6.45) is 0.0880. The number of hydrogen-bond donors (Lipinski definition) is 2. The summed E-state index contributed by atoms with van der Waals surface area (Å²) < 4.78 is 37.7. The molecular formula is C26H27FN2O4S. The van der Waals surface area contributed by atoms with Gasteiger partial charge in [-0.1, -0.05) is 43.3 Å². The van der Waals surface area contributed by atoms with Gasteiger partial charge in [-0.05, 0) is 61.4 Å². The van der Waals surface area contributed by atoms with Gasteiger partial charge in [0.05, 0.1) is 28.2 Å². The van der Waals surface area contributed by atoms with Gasteiger partial charge in [0.2, 0.25) is 11.8 Å². The predicted octanol–water partition coefficient (Wildman–Crippen LogP) is 4.72. The van der Waals surface area contributed by atoms with Crippen LogP contribution in [0.4, 0.5) is 15.8 Å². The Morgan fingerprint density at radius 3 is 2.09 bits per heavy atom. The molecule has 3 aromatic rings. The van der Waals surface area contributed by atoms with Gasteiger partial charge in [-0.15, -0.1) is 0 Å². The molecule has 0 spiro atoms. The molecule has 0 heterocycles. The fraction of sp³-hybridized carbons (Fsp3) is 0.231. The second-order valence-corrected chi connectivity index (χ2v) is 10.7. The topological polar surface area (TPSA) is 92.3 Å². The molecule has 0 aliphatic heterocycles. The molecular weight excluding hydrogens is 455 g/mol. The Morgan fingerprint density at radius 1 is 0.882 bits per heavy atom. The van der Waals surface area contributed by atoms with Crippen LogP contribution < -0.4 is 10.6 Å². The van der Waals surface area contributed by atoms with E-state index in [2.05, 4.69) is 10.6 Å². The zero-order valence-corrected chi connectivity index (χ0v) is 20.1. The normalized spacial score (nSPS) is 11.6. The van der Waals surface area contributed by atoms with Gasteiger partial charge in [0.1, 0.15) is 5.82 Å². The van der Waals surface area contributed by atoms with Crippen LogP contribution in [0.15, 0.2) is 77.7 Å². The number of carbonyl (C=O) groups is 2. The molecule has 0 saturated carbocycles. The SMILES string of the molecule is CCS(=O)(=O)c1ccc(CC(=O)Nc2ccc(C(C)(C)C(=O)Nc3ccccc3F)cc2)cc1. The molecule has 0 atom stereocenters. The third-order valence-electron chi connectivity index (χ3n) is 5.61. The van der Waals surface area contributed by atoms with E-state index in [-0.39, 0.29) is 34.6 Å². The third kappa shape index (κ3) is 5.88. The Morgan fingerprint density at radius 2 is 1.50 bits per heavy atom. The van der Waals surface area contributed by atoms with Gasteiger partial charge in [0, 0.05) is 5.69 Å². The first-order valence-corrected chi connectivity index (χ1v) is 12.5. The van der Waals surface area contributed by atoms with Crippen molar-refractivity contribution in [3.05, 3.63) is 89.7 Å². The largest absolute Gasteiger partial charge is 0.326 e. The second-order valence-electron chi connectivity index (χ2n) is 8.41. The molecule has 2 N–H and O–H groups in total. The number of nitrogens with one attached hydrogen (secondary N) is 2. The summed E-state index contributed by atoms with van der Waals surface area (Å²) in [6, 6.07) is 19.1. The number of amides is 2. The summed E-state index contributed by atoms with van der Waals surface area (Å²) in [4.78, 5) is 25.4. The van der Waals surface area contributed by atoms with Crippen molar-refractivity contribution in [1.82, 2.24) is 0 Å². The lowest BCUT2D eigenvalue weighted by atomic mass is 9.83. The molecule has 178 valence electrons. The molecule has 3 aromatic carbocycles. The highest BCUT2D eigenvalue weighted by Gasteiger charge is 2.30. The Balaban J connectivity index is 1.63. The number of benzene rings is 3. The first kappa shape index (κ1) is 25.1. The fourth-order valence-corrected chi connectivity index (χ4v) is 4.20. The lowest BCUT2D eigenvalue weighted by Gasteiger charge is -2.24. The van der Waals surface area contributed by atoms with Crippen LogP contribution in [-0.4, -0.2) is 26.0 Å². The zero-order chi connectivity index (χ0) is 24.9. The Hall–Kier alpha value is -3.52. The van der Waals surface area contributed by atoms with Crippen LogP contribution in [0.3, 0.4) is 0 Å². The van der Waals surface area contributed by atoms with Crippen molar-refractivity contribution >= 4 is 33.0 Å². The van der Waals surface area contributed by atoms with E-state index in [9.17, 15) is 22.4 Å². The number of sulfone groups is 1. The van der Waals surface area contributed by atoms with Crippen molar-refractivity contribution in [2.75, 3.05) is 16.4 Å². The number of anilines is 2. The fourth-order valence-electron chi connectivity index (χ4n) is 3.31. The maximum absolute atomic E-state index is 13.9. The maximum Gasteiger partial charge on any atom is 0.234 e. The van der Waals surface area contributed by atoms with Gasteiger partial charge in [-0.3, -0.25) is 9.59 Å². The number of halogens is 1. The lowest BCUT2D eigenvalue weighted by molar-refractivity contribution is -0.120. The van der Waals surface area contributed by atoms with Crippen LogP contribution in [0.1, 0.15) is 31.9 Å². The minimum absolute atomic E-state index is 0.0183. The summed E-state index contributed by atoms with van der Waals surface area (Å²) in [5.41, 5.74) is 1.13. The van der Waals surface area contributed by atoms with E-state index in [0.29, 0.717) is 16.8 Å².